The lowest BCUT2D eigenvalue weighted by atomic mass is 10.0. The Kier molecular flexibility index (Phi) is 7.03. The molecule has 8 heteroatoms. The minimum absolute atomic E-state index is 0.143. The Morgan fingerprint density at radius 2 is 1.91 bits per heavy atom. The SMILES string of the molecule is CCC(C)N(Cc1c(-c2ccccc2F)noc1N1CCOCC1)C(=O)c1cccc(F)c1. The zero-order valence-corrected chi connectivity index (χ0v) is 18.8. The topological polar surface area (TPSA) is 58.8 Å². The molecule has 4 rings (SSSR count). The molecule has 1 amide bonds. The van der Waals surface area contributed by atoms with E-state index in [9.17, 15) is 13.6 Å². The van der Waals surface area contributed by atoms with E-state index < -0.39 is 11.6 Å². The number of ether oxygens (including phenoxy) is 1. The third-order valence-corrected chi connectivity index (χ3v) is 5.98. The Morgan fingerprint density at radius 1 is 1.15 bits per heavy atom. The van der Waals surface area contributed by atoms with Gasteiger partial charge in [-0.3, -0.25) is 4.79 Å². The fourth-order valence-electron chi connectivity index (χ4n) is 3.93. The highest BCUT2D eigenvalue weighted by Crippen LogP contribution is 2.35. The molecule has 0 spiro atoms. The molecule has 3 aromatic rings. The van der Waals surface area contributed by atoms with E-state index in [-0.39, 0.29) is 24.1 Å². The van der Waals surface area contributed by atoms with Gasteiger partial charge in [0.05, 0.1) is 25.3 Å². The van der Waals surface area contributed by atoms with Gasteiger partial charge in [0.2, 0.25) is 5.88 Å². The second kappa shape index (κ2) is 10.1. The summed E-state index contributed by atoms with van der Waals surface area (Å²) >= 11 is 0. The highest BCUT2D eigenvalue weighted by Gasteiger charge is 2.30. The predicted molar refractivity (Wildman–Crippen MR) is 121 cm³/mol. The van der Waals surface area contributed by atoms with Crippen LogP contribution in [0.15, 0.2) is 53.1 Å². The quantitative estimate of drug-likeness (QED) is 0.507. The third-order valence-electron chi connectivity index (χ3n) is 5.98. The van der Waals surface area contributed by atoms with Crippen molar-refractivity contribution < 1.29 is 22.8 Å². The summed E-state index contributed by atoms with van der Waals surface area (Å²) in [5, 5.41) is 4.21. The first-order chi connectivity index (χ1) is 16.0. The molecule has 2 aromatic carbocycles. The minimum Gasteiger partial charge on any atom is -0.378 e. The van der Waals surface area contributed by atoms with E-state index in [0.29, 0.717) is 55.4 Å². The normalized spacial score (nSPS) is 14.8. The van der Waals surface area contributed by atoms with E-state index in [1.165, 1.54) is 24.3 Å². The number of rotatable bonds is 7. The average Bonchev–Trinajstić information content (AvgIpc) is 3.25. The van der Waals surface area contributed by atoms with Gasteiger partial charge in [0, 0.05) is 30.3 Å². The zero-order valence-electron chi connectivity index (χ0n) is 18.8. The number of nitrogens with zero attached hydrogens (tertiary/aromatic N) is 3. The standard InChI is InChI=1S/C25H27F2N3O3/c1-3-17(2)30(24(31)18-7-6-8-19(26)15-18)16-21-23(20-9-4-5-10-22(20)27)28-33-25(21)29-11-13-32-14-12-29/h4-10,15,17H,3,11-14,16H2,1-2H3. The number of benzene rings is 2. The Bertz CT molecular complexity index is 1110. The van der Waals surface area contributed by atoms with Gasteiger partial charge in [-0.2, -0.15) is 0 Å². The van der Waals surface area contributed by atoms with Crippen molar-refractivity contribution in [3.8, 4) is 11.3 Å². The summed E-state index contributed by atoms with van der Waals surface area (Å²) in [5.41, 5.74) is 1.53. The maximum atomic E-state index is 14.7. The van der Waals surface area contributed by atoms with Crippen molar-refractivity contribution in [3.05, 3.63) is 71.3 Å². The molecule has 174 valence electrons. The van der Waals surface area contributed by atoms with Gasteiger partial charge in [-0.1, -0.05) is 30.3 Å². The molecule has 1 saturated heterocycles. The van der Waals surface area contributed by atoms with E-state index in [0.717, 1.165) is 0 Å². The number of carbonyl (C=O) groups excluding carboxylic acids is 1. The van der Waals surface area contributed by atoms with Crippen LogP contribution in [0.3, 0.4) is 0 Å². The molecule has 0 radical (unpaired) electrons. The number of aromatic nitrogens is 1. The molecular formula is C25H27F2N3O3. The van der Waals surface area contributed by atoms with Gasteiger partial charge in [0.15, 0.2) is 0 Å². The molecule has 1 unspecified atom stereocenters. The summed E-state index contributed by atoms with van der Waals surface area (Å²) in [6.07, 6.45) is 0.689. The van der Waals surface area contributed by atoms with Crippen LogP contribution in [0.5, 0.6) is 0 Å². The summed E-state index contributed by atoms with van der Waals surface area (Å²) in [5.74, 6) is -0.711. The van der Waals surface area contributed by atoms with Crippen LogP contribution in [-0.4, -0.2) is 48.3 Å². The number of amides is 1. The van der Waals surface area contributed by atoms with Crippen molar-refractivity contribution >= 4 is 11.8 Å². The van der Waals surface area contributed by atoms with E-state index in [1.807, 2.05) is 18.7 Å². The first kappa shape index (κ1) is 22.9. The number of hydrogen-bond acceptors (Lipinski definition) is 5. The average molecular weight is 456 g/mol. The van der Waals surface area contributed by atoms with Crippen LogP contribution in [0.1, 0.15) is 36.2 Å². The van der Waals surface area contributed by atoms with Gasteiger partial charge in [0.1, 0.15) is 17.3 Å². The molecular weight excluding hydrogens is 428 g/mol. The third kappa shape index (κ3) is 4.90. The van der Waals surface area contributed by atoms with Gasteiger partial charge in [-0.15, -0.1) is 0 Å². The number of carbonyl (C=O) groups is 1. The molecule has 0 saturated carbocycles. The molecule has 6 nitrogen and oxygen atoms in total. The Balaban J connectivity index is 1.78. The van der Waals surface area contributed by atoms with Crippen molar-refractivity contribution in [3.63, 3.8) is 0 Å². The van der Waals surface area contributed by atoms with Crippen molar-refractivity contribution in [2.75, 3.05) is 31.2 Å². The van der Waals surface area contributed by atoms with Gasteiger partial charge in [-0.25, -0.2) is 8.78 Å². The second-order valence-corrected chi connectivity index (χ2v) is 8.09. The molecule has 0 aliphatic carbocycles. The Hall–Kier alpha value is -3.26. The molecule has 1 aliphatic heterocycles. The lowest BCUT2D eigenvalue weighted by molar-refractivity contribution is 0.0671. The van der Waals surface area contributed by atoms with Crippen molar-refractivity contribution in [2.24, 2.45) is 0 Å². The Morgan fingerprint density at radius 3 is 2.61 bits per heavy atom. The molecule has 0 bridgehead atoms. The fourth-order valence-corrected chi connectivity index (χ4v) is 3.93. The van der Waals surface area contributed by atoms with Crippen LogP contribution in [0.4, 0.5) is 14.7 Å². The number of hydrogen-bond donors (Lipinski definition) is 0. The second-order valence-electron chi connectivity index (χ2n) is 8.09. The fraction of sp³-hybridized carbons (Fsp3) is 0.360. The summed E-state index contributed by atoms with van der Waals surface area (Å²) in [4.78, 5) is 17.1. The maximum absolute atomic E-state index is 14.7. The summed E-state index contributed by atoms with van der Waals surface area (Å²) in [7, 11) is 0. The number of morpholine rings is 1. The first-order valence-corrected chi connectivity index (χ1v) is 11.1. The highest BCUT2D eigenvalue weighted by molar-refractivity contribution is 5.94. The van der Waals surface area contributed by atoms with Crippen molar-refractivity contribution in [2.45, 2.75) is 32.9 Å². The van der Waals surface area contributed by atoms with Crippen LogP contribution in [0, 0.1) is 11.6 Å². The summed E-state index contributed by atoms with van der Waals surface area (Å²) in [6, 6.07) is 11.8. The van der Waals surface area contributed by atoms with Gasteiger partial charge in [-0.05, 0) is 43.7 Å². The summed E-state index contributed by atoms with van der Waals surface area (Å²) < 4.78 is 39.7. The Labute approximate surface area is 191 Å². The maximum Gasteiger partial charge on any atom is 0.254 e. The van der Waals surface area contributed by atoms with E-state index in [4.69, 9.17) is 9.26 Å². The molecule has 1 aromatic heterocycles. The van der Waals surface area contributed by atoms with E-state index in [2.05, 4.69) is 5.16 Å². The number of halogens is 2. The van der Waals surface area contributed by atoms with Crippen LogP contribution < -0.4 is 4.90 Å². The first-order valence-electron chi connectivity index (χ1n) is 11.1. The lowest BCUT2D eigenvalue weighted by Crippen LogP contribution is -2.39. The minimum atomic E-state index is -0.476. The van der Waals surface area contributed by atoms with Crippen LogP contribution in [0.25, 0.3) is 11.3 Å². The van der Waals surface area contributed by atoms with Crippen LogP contribution in [0.2, 0.25) is 0 Å². The molecule has 33 heavy (non-hydrogen) atoms. The van der Waals surface area contributed by atoms with Crippen molar-refractivity contribution in [1.29, 1.82) is 0 Å². The van der Waals surface area contributed by atoms with Crippen LogP contribution in [-0.2, 0) is 11.3 Å². The van der Waals surface area contributed by atoms with E-state index >= 15 is 0 Å². The predicted octanol–water partition coefficient (Wildman–Crippen LogP) is 4.90. The molecule has 0 N–H and O–H groups in total. The smallest absolute Gasteiger partial charge is 0.254 e. The van der Waals surface area contributed by atoms with Gasteiger partial charge >= 0.3 is 0 Å². The monoisotopic (exact) mass is 455 g/mol. The largest absolute Gasteiger partial charge is 0.378 e. The lowest BCUT2D eigenvalue weighted by Gasteiger charge is -2.31. The van der Waals surface area contributed by atoms with Crippen molar-refractivity contribution in [1.82, 2.24) is 10.1 Å². The summed E-state index contributed by atoms with van der Waals surface area (Å²) in [6.45, 7) is 6.32. The van der Waals surface area contributed by atoms with Crippen LogP contribution >= 0.6 is 0 Å². The molecule has 1 aliphatic rings. The number of anilines is 1. The van der Waals surface area contributed by atoms with Gasteiger partial charge in [0.25, 0.3) is 5.91 Å². The molecule has 1 atom stereocenters. The molecule has 2 heterocycles. The highest BCUT2D eigenvalue weighted by atomic mass is 19.1. The molecule has 1 fully saturated rings. The zero-order chi connectivity index (χ0) is 23.4. The van der Waals surface area contributed by atoms with E-state index in [1.54, 1.807) is 29.2 Å². The van der Waals surface area contributed by atoms with Gasteiger partial charge < -0.3 is 19.1 Å².